The van der Waals surface area contributed by atoms with Crippen LogP contribution in [-0.2, 0) is 6.54 Å². The summed E-state index contributed by atoms with van der Waals surface area (Å²) in [6.07, 6.45) is 1.43. The number of H-pyrrole nitrogens is 1. The SMILES string of the molecule is CNc1snnc1Cn1ccc(=O)[nH]c1=O. The number of nitrogens with zero attached hydrogens (tertiary/aromatic N) is 3. The molecule has 0 aromatic carbocycles. The van der Waals surface area contributed by atoms with E-state index in [-0.39, 0.29) is 6.54 Å². The lowest BCUT2D eigenvalue weighted by molar-refractivity contribution is 0.703. The van der Waals surface area contributed by atoms with Crippen LogP contribution in [0.15, 0.2) is 21.9 Å². The Kier molecular flexibility index (Phi) is 2.82. The molecule has 0 amide bonds. The van der Waals surface area contributed by atoms with Gasteiger partial charge < -0.3 is 5.32 Å². The Morgan fingerprint density at radius 3 is 3.06 bits per heavy atom. The van der Waals surface area contributed by atoms with E-state index >= 15 is 0 Å². The van der Waals surface area contributed by atoms with Gasteiger partial charge in [-0.25, -0.2) is 4.79 Å². The zero-order valence-electron chi connectivity index (χ0n) is 8.43. The van der Waals surface area contributed by atoms with E-state index in [0.29, 0.717) is 5.69 Å². The van der Waals surface area contributed by atoms with Crippen LogP contribution in [0.4, 0.5) is 5.00 Å². The van der Waals surface area contributed by atoms with Gasteiger partial charge in [0, 0.05) is 30.8 Å². The van der Waals surface area contributed by atoms with Crippen molar-refractivity contribution in [3.05, 3.63) is 38.8 Å². The van der Waals surface area contributed by atoms with Crippen molar-refractivity contribution in [2.75, 3.05) is 12.4 Å². The minimum atomic E-state index is -0.456. The largest absolute Gasteiger partial charge is 0.377 e. The molecule has 0 aliphatic carbocycles. The molecule has 2 aromatic heterocycles. The van der Waals surface area contributed by atoms with E-state index < -0.39 is 11.2 Å². The number of aromatic nitrogens is 4. The van der Waals surface area contributed by atoms with E-state index in [1.54, 1.807) is 7.05 Å². The minimum Gasteiger partial charge on any atom is -0.377 e. The highest BCUT2D eigenvalue weighted by atomic mass is 32.1. The molecule has 0 aliphatic rings. The maximum atomic E-state index is 11.4. The molecule has 2 aromatic rings. The van der Waals surface area contributed by atoms with Gasteiger partial charge in [0.1, 0.15) is 10.7 Å². The van der Waals surface area contributed by atoms with Crippen molar-refractivity contribution >= 4 is 16.5 Å². The molecule has 0 saturated carbocycles. The monoisotopic (exact) mass is 239 g/mol. The predicted molar refractivity (Wildman–Crippen MR) is 59.9 cm³/mol. The maximum absolute atomic E-state index is 11.4. The lowest BCUT2D eigenvalue weighted by Crippen LogP contribution is -2.29. The molecule has 2 heterocycles. The number of rotatable bonds is 3. The smallest absolute Gasteiger partial charge is 0.328 e. The number of nitrogens with one attached hydrogen (secondary N) is 2. The van der Waals surface area contributed by atoms with Gasteiger partial charge in [-0.05, 0) is 0 Å². The van der Waals surface area contributed by atoms with Crippen LogP contribution in [0.3, 0.4) is 0 Å². The molecule has 0 aliphatic heterocycles. The van der Waals surface area contributed by atoms with Crippen molar-refractivity contribution in [3.8, 4) is 0 Å². The summed E-state index contributed by atoms with van der Waals surface area (Å²) in [5.41, 5.74) is -0.198. The average molecular weight is 239 g/mol. The highest BCUT2D eigenvalue weighted by molar-refractivity contribution is 7.10. The van der Waals surface area contributed by atoms with E-state index in [4.69, 9.17) is 0 Å². The van der Waals surface area contributed by atoms with Gasteiger partial charge in [-0.3, -0.25) is 14.3 Å². The number of aromatic amines is 1. The fourth-order valence-corrected chi connectivity index (χ4v) is 1.76. The molecule has 0 spiro atoms. The summed E-state index contributed by atoms with van der Waals surface area (Å²) >= 11 is 1.22. The highest BCUT2D eigenvalue weighted by Gasteiger charge is 2.07. The molecule has 2 N–H and O–H groups in total. The minimum absolute atomic E-state index is 0.280. The third-order valence-electron chi connectivity index (χ3n) is 2.00. The normalized spacial score (nSPS) is 10.3. The fraction of sp³-hybridized carbons (Fsp3) is 0.250. The van der Waals surface area contributed by atoms with Gasteiger partial charge in [0.05, 0.1) is 6.54 Å². The number of anilines is 1. The fourth-order valence-electron chi connectivity index (χ4n) is 1.23. The molecule has 2 rings (SSSR count). The summed E-state index contributed by atoms with van der Waals surface area (Å²) < 4.78 is 5.14. The highest BCUT2D eigenvalue weighted by Crippen LogP contribution is 2.16. The Balaban J connectivity index is 2.34. The van der Waals surface area contributed by atoms with Crippen LogP contribution in [0, 0.1) is 0 Å². The van der Waals surface area contributed by atoms with Crippen LogP contribution in [-0.4, -0.2) is 26.2 Å². The molecule has 0 bridgehead atoms. The van der Waals surface area contributed by atoms with Gasteiger partial charge in [-0.15, -0.1) is 5.10 Å². The molecular weight excluding hydrogens is 230 g/mol. The zero-order chi connectivity index (χ0) is 11.5. The van der Waals surface area contributed by atoms with Crippen LogP contribution >= 0.6 is 11.5 Å². The summed E-state index contributed by atoms with van der Waals surface area (Å²) in [7, 11) is 1.76. The lowest BCUT2D eigenvalue weighted by atomic mass is 10.4. The molecule has 16 heavy (non-hydrogen) atoms. The van der Waals surface area contributed by atoms with Gasteiger partial charge in [-0.1, -0.05) is 4.49 Å². The third-order valence-corrected chi connectivity index (χ3v) is 2.79. The van der Waals surface area contributed by atoms with E-state index in [9.17, 15) is 9.59 Å². The average Bonchev–Trinajstić information content (AvgIpc) is 2.69. The Morgan fingerprint density at radius 2 is 2.38 bits per heavy atom. The summed E-state index contributed by atoms with van der Waals surface area (Å²) in [6, 6.07) is 1.29. The van der Waals surface area contributed by atoms with Gasteiger partial charge in [0.2, 0.25) is 0 Å². The van der Waals surface area contributed by atoms with Crippen LogP contribution in [0.2, 0.25) is 0 Å². The number of hydrogen-bond acceptors (Lipinski definition) is 6. The molecule has 8 heteroatoms. The Hall–Kier alpha value is -1.96. The quantitative estimate of drug-likeness (QED) is 0.751. The molecule has 7 nitrogen and oxygen atoms in total. The maximum Gasteiger partial charge on any atom is 0.328 e. The summed E-state index contributed by atoms with van der Waals surface area (Å²) in [6.45, 7) is 0.280. The molecular formula is C8H9N5O2S. The van der Waals surface area contributed by atoms with E-state index in [1.165, 1.54) is 28.4 Å². The second kappa shape index (κ2) is 4.27. The molecule has 0 fully saturated rings. The zero-order valence-corrected chi connectivity index (χ0v) is 9.24. The van der Waals surface area contributed by atoms with E-state index in [1.807, 2.05) is 0 Å². The first-order chi connectivity index (χ1) is 7.70. The van der Waals surface area contributed by atoms with E-state index in [0.717, 1.165) is 5.00 Å². The van der Waals surface area contributed by atoms with Crippen molar-refractivity contribution < 1.29 is 0 Å². The summed E-state index contributed by atoms with van der Waals surface area (Å²) in [5.74, 6) is 0. The standard InChI is InChI=1S/C8H9N5O2S/c1-9-7-5(11-12-16-7)4-13-3-2-6(14)10-8(13)15/h2-3,9H,4H2,1H3,(H,10,14,15). The van der Waals surface area contributed by atoms with Gasteiger partial charge in [0.25, 0.3) is 5.56 Å². The molecule has 84 valence electrons. The molecule has 0 saturated heterocycles. The molecule has 0 atom stereocenters. The Morgan fingerprint density at radius 1 is 1.56 bits per heavy atom. The van der Waals surface area contributed by atoms with Crippen LogP contribution in [0.5, 0.6) is 0 Å². The Labute approximate surface area is 93.9 Å². The van der Waals surface area contributed by atoms with Crippen molar-refractivity contribution in [3.63, 3.8) is 0 Å². The first kappa shape index (κ1) is 10.6. The predicted octanol–water partition coefficient (Wildman–Crippen LogP) is -0.522. The number of hydrogen-bond donors (Lipinski definition) is 2. The Bertz CT molecular complexity index is 599. The van der Waals surface area contributed by atoms with Crippen molar-refractivity contribution in [2.45, 2.75) is 6.54 Å². The molecule has 0 radical (unpaired) electrons. The second-order valence-electron chi connectivity index (χ2n) is 3.04. The van der Waals surface area contributed by atoms with Crippen molar-refractivity contribution in [1.29, 1.82) is 0 Å². The van der Waals surface area contributed by atoms with Gasteiger partial charge >= 0.3 is 5.69 Å². The summed E-state index contributed by atoms with van der Waals surface area (Å²) in [4.78, 5) is 24.4. The van der Waals surface area contributed by atoms with Crippen molar-refractivity contribution in [2.24, 2.45) is 0 Å². The lowest BCUT2D eigenvalue weighted by Gasteiger charge is -2.02. The van der Waals surface area contributed by atoms with Crippen LogP contribution < -0.4 is 16.6 Å². The van der Waals surface area contributed by atoms with Gasteiger partial charge in [-0.2, -0.15) is 0 Å². The first-order valence-electron chi connectivity index (χ1n) is 4.49. The van der Waals surface area contributed by atoms with Gasteiger partial charge in [0.15, 0.2) is 0 Å². The van der Waals surface area contributed by atoms with E-state index in [2.05, 4.69) is 19.9 Å². The first-order valence-corrected chi connectivity index (χ1v) is 5.27. The summed E-state index contributed by atoms with van der Waals surface area (Å²) in [5, 5.41) is 7.64. The second-order valence-corrected chi connectivity index (χ2v) is 3.79. The van der Waals surface area contributed by atoms with Crippen LogP contribution in [0.1, 0.15) is 5.69 Å². The topological polar surface area (TPSA) is 92.7 Å². The third kappa shape index (κ3) is 2.01. The molecule has 0 unspecified atom stereocenters. The van der Waals surface area contributed by atoms with Crippen molar-refractivity contribution in [1.82, 2.24) is 19.1 Å². The van der Waals surface area contributed by atoms with Crippen LogP contribution in [0.25, 0.3) is 0 Å².